The van der Waals surface area contributed by atoms with Crippen molar-refractivity contribution in [2.45, 2.75) is 18.9 Å². The zero-order valence-corrected chi connectivity index (χ0v) is 13.3. The summed E-state index contributed by atoms with van der Waals surface area (Å²) in [4.78, 5) is 20.5. The quantitative estimate of drug-likeness (QED) is 0.520. The Bertz CT molecular complexity index is 999. The van der Waals surface area contributed by atoms with Crippen molar-refractivity contribution in [3.63, 3.8) is 0 Å². The summed E-state index contributed by atoms with van der Waals surface area (Å²) in [6, 6.07) is 8.51. The van der Waals surface area contributed by atoms with Crippen LogP contribution in [0.4, 0.5) is 17.5 Å². The molecule has 1 saturated carbocycles. The fourth-order valence-electron chi connectivity index (χ4n) is 2.67. The molecule has 0 saturated heterocycles. The van der Waals surface area contributed by atoms with Gasteiger partial charge in [0, 0.05) is 29.8 Å². The molecule has 0 unspecified atom stereocenters. The summed E-state index contributed by atoms with van der Waals surface area (Å²) < 4.78 is 1.95. The highest BCUT2D eigenvalue weighted by molar-refractivity contribution is 5.84. The van der Waals surface area contributed by atoms with E-state index in [0.717, 1.165) is 22.7 Å². The maximum atomic E-state index is 4.60. The first-order valence-electron chi connectivity index (χ1n) is 8.18. The number of aromatic amines is 1. The lowest BCUT2D eigenvalue weighted by atomic mass is 10.3. The van der Waals surface area contributed by atoms with Crippen LogP contribution in [0.1, 0.15) is 12.8 Å². The first-order chi connectivity index (χ1) is 12.3. The molecular weight excluding hydrogens is 316 g/mol. The summed E-state index contributed by atoms with van der Waals surface area (Å²) in [5.41, 5.74) is 3.45. The van der Waals surface area contributed by atoms with Crippen LogP contribution in [0, 0.1) is 0 Å². The highest BCUT2D eigenvalue weighted by Crippen LogP contribution is 2.28. The Balaban J connectivity index is 1.43. The zero-order chi connectivity index (χ0) is 16.6. The predicted molar refractivity (Wildman–Crippen MR) is 95.2 cm³/mol. The summed E-state index contributed by atoms with van der Waals surface area (Å²) in [7, 11) is 0. The lowest BCUT2D eigenvalue weighted by Gasteiger charge is -2.09. The van der Waals surface area contributed by atoms with Crippen LogP contribution in [0.25, 0.3) is 16.9 Å². The van der Waals surface area contributed by atoms with Crippen LogP contribution in [-0.2, 0) is 0 Å². The largest absolute Gasteiger partial charge is 0.365 e. The average Bonchev–Trinajstić information content (AvgIpc) is 3.11. The molecule has 124 valence electrons. The summed E-state index contributed by atoms with van der Waals surface area (Å²) >= 11 is 0. The number of hydrogen-bond donors (Lipinski definition) is 3. The SMILES string of the molecule is c1cn(-c2ccc(Nc3nc(NC4CC4)c4[nH]cnc4n3)cc2)cn1. The van der Waals surface area contributed by atoms with Crippen molar-refractivity contribution in [2.24, 2.45) is 0 Å². The number of anilines is 3. The monoisotopic (exact) mass is 332 g/mol. The van der Waals surface area contributed by atoms with Gasteiger partial charge in [0.1, 0.15) is 5.52 Å². The van der Waals surface area contributed by atoms with Gasteiger partial charge >= 0.3 is 0 Å². The maximum absolute atomic E-state index is 4.60. The Morgan fingerprint density at radius 2 is 2.00 bits per heavy atom. The molecule has 1 aliphatic carbocycles. The van der Waals surface area contributed by atoms with E-state index in [9.17, 15) is 0 Å². The standard InChI is InChI=1S/C17H16N8/c1-2-11(1)21-16-14-15(20-9-19-14)23-17(24-16)22-12-3-5-13(6-4-12)25-8-7-18-10-25/h3-11H,1-2H2,(H3,19,20,21,22,23,24). The van der Waals surface area contributed by atoms with E-state index in [4.69, 9.17) is 0 Å². The third-order valence-electron chi connectivity index (χ3n) is 4.13. The molecule has 0 amide bonds. The third kappa shape index (κ3) is 2.78. The molecule has 8 heteroatoms. The topological polar surface area (TPSA) is 96.3 Å². The van der Waals surface area contributed by atoms with Gasteiger partial charge in [-0.3, -0.25) is 0 Å². The normalized spacial score (nSPS) is 13.9. The second-order valence-electron chi connectivity index (χ2n) is 6.06. The van der Waals surface area contributed by atoms with Crippen LogP contribution in [0.2, 0.25) is 0 Å². The summed E-state index contributed by atoms with van der Waals surface area (Å²) in [6.45, 7) is 0. The number of H-pyrrole nitrogens is 1. The van der Waals surface area contributed by atoms with Gasteiger partial charge < -0.3 is 20.2 Å². The number of imidazole rings is 2. The van der Waals surface area contributed by atoms with E-state index in [1.165, 1.54) is 12.8 Å². The number of aromatic nitrogens is 6. The Kier molecular flexibility index (Phi) is 3.12. The fraction of sp³-hybridized carbons (Fsp3) is 0.176. The lowest BCUT2D eigenvalue weighted by Crippen LogP contribution is -2.07. The van der Waals surface area contributed by atoms with E-state index < -0.39 is 0 Å². The molecule has 5 rings (SSSR count). The molecule has 1 fully saturated rings. The zero-order valence-electron chi connectivity index (χ0n) is 13.3. The fourth-order valence-corrected chi connectivity index (χ4v) is 2.67. The van der Waals surface area contributed by atoms with Crippen LogP contribution < -0.4 is 10.6 Å². The van der Waals surface area contributed by atoms with Gasteiger partial charge in [0.25, 0.3) is 0 Å². The van der Waals surface area contributed by atoms with Gasteiger partial charge in [-0.1, -0.05) is 0 Å². The number of fused-ring (bicyclic) bond motifs is 1. The van der Waals surface area contributed by atoms with Gasteiger partial charge in [-0.15, -0.1) is 0 Å². The molecule has 0 bridgehead atoms. The Morgan fingerprint density at radius 3 is 2.76 bits per heavy atom. The number of nitrogens with one attached hydrogen (secondary N) is 3. The van der Waals surface area contributed by atoms with Crippen LogP contribution >= 0.6 is 0 Å². The van der Waals surface area contributed by atoms with Crippen LogP contribution in [0.15, 0.2) is 49.3 Å². The molecule has 1 aliphatic rings. The average molecular weight is 332 g/mol. The van der Waals surface area contributed by atoms with Crippen LogP contribution in [0.3, 0.4) is 0 Å². The molecule has 3 aromatic heterocycles. The Hall–Kier alpha value is -3.42. The Labute approximate surface area is 143 Å². The molecule has 0 atom stereocenters. The molecule has 25 heavy (non-hydrogen) atoms. The number of benzene rings is 1. The summed E-state index contributed by atoms with van der Waals surface area (Å²) in [6.07, 6.45) is 9.44. The predicted octanol–water partition coefficient (Wildman–Crippen LogP) is 2.86. The van der Waals surface area contributed by atoms with Crippen molar-refractivity contribution in [3.05, 3.63) is 49.3 Å². The van der Waals surface area contributed by atoms with Crippen LogP contribution in [0.5, 0.6) is 0 Å². The van der Waals surface area contributed by atoms with Crippen molar-refractivity contribution >= 4 is 28.6 Å². The van der Waals surface area contributed by atoms with Gasteiger partial charge in [0.05, 0.1) is 12.7 Å². The second kappa shape index (κ2) is 5.59. The third-order valence-corrected chi connectivity index (χ3v) is 4.13. The number of nitrogens with zero attached hydrogens (tertiary/aromatic N) is 5. The minimum absolute atomic E-state index is 0.503. The molecular formula is C17H16N8. The van der Waals surface area contributed by atoms with Crippen molar-refractivity contribution in [1.82, 2.24) is 29.5 Å². The van der Waals surface area contributed by atoms with Crippen LogP contribution in [-0.4, -0.2) is 35.5 Å². The summed E-state index contributed by atoms with van der Waals surface area (Å²) in [5.74, 6) is 1.32. The molecule has 1 aromatic carbocycles. The maximum Gasteiger partial charge on any atom is 0.231 e. The van der Waals surface area contributed by atoms with E-state index in [-0.39, 0.29) is 0 Å². The van der Waals surface area contributed by atoms with E-state index in [1.807, 2.05) is 35.0 Å². The molecule has 8 nitrogen and oxygen atoms in total. The molecule has 0 aliphatic heterocycles. The smallest absolute Gasteiger partial charge is 0.231 e. The number of rotatable bonds is 5. The van der Waals surface area contributed by atoms with E-state index in [0.29, 0.717) is 17.6 Å². The highest BCUT2D eigenvalue weighted by Gasteiger charge is 2.23. The van der Waals surface area contributed by atoms with Gasteiger partial charge in [-0.2, -0.15) is 9.97 Å². The minimum Gasteiger partial charge on any atom is -0.365 e. The molecule has 3 heterocycles. The molecule has 3 N–H and O–H groups in total. The minimum atomic E-state index is 0.503. The van der Waals surface area contributed by atoms with Gasteiger partial charge in [-0.25, -0.2) is 9.97 Å². The molecule has 4 aromatic rings. The first kappa shape index (κ1) is 14.0. The van der Waals surface area contributed by atoms with Crippen molar-refractivity contribution < 1.29 is 0 Å². The lowest BCUT2D eigenvalue weighted by molar-refractivity contribution is 1.06. The Morgan fingerprint density at radius 1 is 1.12 bits per heavy atom. The van der Waals surface area contributed by atoms with Gasteiger partial charge in [0.15, 0.2) is 11.5 Å². The van der Waals surface area contributed by atoms with Crippen molar-refractivity contribution in [2.75, 3.05) is 10.6 Å². The molecule has 0 spiro atoms. The van der Waals surface area contributed by atoms with Gasteiger partial charge in [0.2, 0.25) is 5.95 Å². The summed E-state index contributed by atoms with van der Waals surface area (Å²) in [5, 5.41) is 6.68. The highest BCUT2D eigenvalue weighted by atomic mass is 15.2. The van der Waals surface area contributed by atoms with E-state index in [1.54, 1.807) is 18.9 Å². The van der Waals surface area contributed by atoms with Crippen molar-refractivity contribution in [1.29, 1.82) is 0 Å². The van der Waals surface area contributed by atoms with E-state index in [2.05, 4.69) is 35.6 Å². The second-order valence-corrected chi connectivity index (χ2v) is 6.06. The van der Waals surface area contributed by atoms with Gasteiger partial charge in [-0.05, 0) is 37.1 Å². The first-order valence-corrected chi connectivity index (χ1v) is 8.18. The van der Waals surface area contributed by atoms with E-state index >= 15 is 0 Å². The molecule has 0 radical (unpaired) electrons. The number of hydrogen-bond acceptors (Lipinski definition) is 6. The van der Waals surface area contributed by atoms with Crippen molar-refractivity contribution in [3.8, 4) is 5.69 Å².